The normalized spacial score (nSPS) is 10.7. The van der Waals surface area contributed by atoms with Gasteiger partial charge >= 0.3 is 5.97 Å². The molecule has 2 N–H and O–H groups in total. The largest absolute Gasteiger partial charge is 0.497 e. The lowest BCUT2D eigenvalue weighted by atomic mass is 9.94. The van der Waals surface area contributed by atoms with Gasteiger partial charge in [-0.2, -0.15) is 0 Å². The van der Waals surface area contributed by atoms with Gasteiger partial charge in [0.2, 0.25) is 0 Å². The standard InChI is InChI=1S/C38H36N2O6/c1-45-29-18-19-35(46-2)27(24-29)20-22-40(23-21-36(41)42)38(44)34-17-8-6-15-32(34)31-14-5-7-16-33(31)37(43)39-25-28-12-9-11-26-10-3-4-13-30(26)28/h3-19,24H,20-23,25H2,1-2H3,(H,39,43)(H,41,42). The van der Waals surface area contributed by atoms with E-state index in [1.807, 2.05) is 72.8 Å². The number of carbonyl (C=O) groups is 3. The van der Waals surface area contributed by atoms with E-state index in [2.05, 4.69) is 5.32 Å². The molecular weight excluding hydrogens is 580 g/mol. The Labute approximate surface area is 268 Å². The van der Waals surface area contributed by atoms with Crippen LogP contribution >= 0.6 is 0 Å². The van der Waals surface area contributed by atoms with Gasteiger partial charge in [0.05, 0.1) is 20.6 Å². The van der Waals surface area contributed by atoms with Crippen LogP contribution in [0, 0.1) is 0 Å². The number of nitrogens with one attached hydrogen (secondary N) is 1. The fourth-order valence-electron chi connectivity index (χ4n) is 5.59. The third kappa shape index (κ3) is 7.35. The second-order valence-corrected chi connectivity index (χ2v) is 10.8. The van der Waals surface area contributed by atoms with Crippen molar-refractivity contribution in [3.63, 3.8) is 0 Å². The number of hydrogen-bond acceptors (Lipinski definition) is 5. The molecule has 0 spiro atoms. The molecule has 0 radical (unpaired) electrons. The zero-order chi connectivity index (χ0) is 32.5. The van der Waals surface area contributed by atoms with E-state index in [-0.39, 0.29) is 31.3 Å². The Hall–Kier alpha value is -5.63. The number of carboxylic acids is 1. The van der Waals surface area contributed by atoms with E-state index in [4.69, 9.17) is 9.47 Å². The number of fused-ring (bicyclic) bond motifs is 1. The summed E-state index contributed by atoms with van der Waals surface area (Å²) >= 11 is 0. The van der Waals surface area contributed by atoms with Crippen LogP contribution in [0.1, 0.15) is 38.3 Å². The molecule has 0 aliphatic carbocycles. The first-order valence-corrected chi connectivity index (χ1v) is 15.0. The number of carbonyl (C=O) groups excluding carboxylic acids is 2. The number of nitrogens with zero attached hydrogens (tertiary/aromatic N) is 1. The van der Waals surface area contributed by atoms with Crippen molar-refractivity contribution in [2.24, 2.45) is 0 Å². The topological polar surface area (TPSA) is 105 Å². The zero-order valence-electron chi connectivity index (χ0n) is 25.9. The van der Waals surface area contributed by atoms with Gasteiger partial charge in [-0.25, -0.2) is 0 Å². The second kappa shape index (κ2) is 14.9. The zero-order valence-corrected chi connectivity index (χ0v) is 25.9. The van der Waals surface area contributed by atoms with E-state index >= 15 is 0 Å². The van der Waals surface area contributed by atoms with Gasteiger partial charge in [-0.3, -0.25) is 14.4 Å². The summed E-state index contributed by atoms with van der Waals surface area (Å²) in [4.78, 5) is 40.8. The van der Waals surface area contributed by atoms with E-state index in [9.17, 15) is 19.5 Å². The van der Waals surface area contributed by atoms with Crippen LogP contribution in [0.4, 0.5) is 0 Å². The molecule has 234 valence electrons. The Kier molecular flexibility index (Phi) is 10.3. The van der Waals surface area contributed by atoms with Crippen LogP contribution < -0.4 is 14.8 Å². The number of carboxylic acid groups (broad SMARTS) is 1. The van der Waals surface area contributed by atoms with Crippen LogP contribution in [-0.2, 0) is 17.8 Å². The molecule has 5 aromatic rings. The van der Waals surface area contributed by atoms with Gasteiger partial charge in [0.1, 0.15) is 11.5 Å². The smallest absolute Gasteiger partial charge is 0.305 e. The van der Waals surface area contributed by atoms with Crippen LogP contribution in [0.2, 0.25) is 0 Å². The van der Waals surface area contributed by atoms with Crippen LogP contribution in [0.15, 0.2) is 109 Å². The van der Waals surface area contributed by atoms with Gasteiger partial charge in [0.25, 0.3) is 11.8 Å². The number of benzene rings is 5. The van der Waals surface area contributed by atoms with Crippen molar-refractivity contribution < 1.29 is 29.0 Å². The summed E-state index contributed by atoms with van der Waals surface area (Å²) in [6.45, 7) is 0.602. The maximum Gasteiger partial charge on any atom is 0.305 e. The highest BCUT2D eigenvalue weighted by Gasteiger charge is 2.23. The van der Waals surface area contributed by atoms with Crippen LogP contribution in [0.25, 0.3) is 21.9 Å². The third-order valence-corrected chi connectivity index (χ3v) is 7.96. The molecule has 0 unspecified atom stereocenters. The Bertz CT molecular complexity index is 1860. The summed E-state index contributed by atoms with van der Waals surface area (Å²) in [5.74, 6) is -0.295. The van der Waals surface area contributed by atoms with E-state index in [0.717, 1.165) is 21.9 Å². The number of ether oxygens (including phenoxy) is 2. The van der Waals surface area contributed by atoms with Crippen molar-refractivity contribution in [2.45, 2.75) is 19.4 Å². The summed E-state index contributed by atoms with van der Waals surface area (Å²) < 4.78 is 10.9. The third-order valence-electron chi connectivity index (χ3n) is 7.96. The molecule has 8 nitrogen and oxygen atoms in total. The summed E-state index contributed by atoms with van der Waals surface area (Å²) in [6.07, 6.45) is 0.206. The lowest BCUT2D eigenvalue weighted by Gasteiger charge is -2.24. The van der Waals surface area contributed by atoms with Crippen molar-refractivity contribution in [2.75, 3.05) is 27.3 Å². The van der Waals surface area contributed by atoms with Crippen molar-refractivity contribution >= 4 is 28.6 Å². The molecule has 2 amide bonds. The van der Waals surface area contributed by atoms with Gasteiger partial charge in [-0.15, -0.1) is 0 Å². The summed E-state index contributed by atoms with van der Waals surface area (Å²) in [5, 5.41) is 14.7. The van der Waals surface area contributed by atoms with Gasteiger partial charge in [0.15, 0.2) is 0 Å². The molecule has 0 aliphatic rings. The summed E-state index contributed by atoms with van der Waals surface area (Å²) in [5.41, 5.74) is 3.83. The van der Waals surface area contributed by atoms with Gasteiger partial charge in [-0.05, 0) is 69.8 Å². The maximum absolute atomic E-state index is 14.1. The second-order valence-electron chi connectivity index (χ2n) is 10.8. The van der Waals surface area contributed by atoms with Gasteiger partial charge in [-0.1, -0.05) is 78.9 Å². The lowest BCUT2D eigenvalue weighted by molar-refractivity contribution is -0.137. The maximum atomic E-state index is 14.1. The molecule has 5 rings (SSSR count). The fraction of sp³-hybridized carbons (Fsp3) is 0.184. The average Bonchev–Trinajstić information content (AvgIpc) is 3.10. The number of rotatable bonds is 13. The Morgan fingerprint density at radius 1 is 0.717 bits per heavy atom. The number of amides is 2. The van der Waals surface area contributed by atoms with Crippen LogP contribution in [-0.4, -0.2) is 55.1 Å². The SMILES string of the molecule is COc1ccc(OC)c(CCN(CCC(=O)O)C(=O)c2ccccc2-c2ccccc2C(=O)NCc2cccc3ccccc23)c1. The monoisotopic (exact) mass is 616 g/mol. The van der Waals surface area contributed by atoms with E-state index in [1.165, 1.54) is 4.90 Å². The number of methoxy groups -OCH3 is 2. The van der Waals surface area contributed by atoms with Crippen molar-refractivity contribution in [3.8, 4) is 22.6 Å². The van der Waals surface area contributed by atoms with Gasteiger partial charge in [0, 0.05) is 30.8 Å². The van der Waals surface area contributed by atoms with E-state index in [0.29, 0.717) is 46.7 Å². The van der Waals surface area contributed by atoms with Crippen LogP contribution in [0.3, 0.4) is 0 Å². The highest BCUT2D eigenvalue weighted by atomic mass is 16.5. The number of hydrogen-bond donors (Lipinski definition) is 2. The molecule has 5 aromatic carbocycles. The molecule has 0 bridgehead atoms. The minimum atomic E-state index is -1.00. The van der Waals surface area contributed by atoms with Crippen molar-refractivity contribution in [3.05, 3.63) is 131 Å². The van der Waals surface area contributed by atoms with Crippen molar-refractivity contribution in [1.29, 1.82) is 0 Å². The molecule has 0 atom stereocenters. The summed E-state index contributed by atoms with van der Waals surface area (Å²) in [6, 6.07) is 33.8. The molecule has 0 aliphatic heterocycles. The van der Waals surface area contributed by atoms with E-state index < -0.39 is 5.97 Å². The first-order valence-electron chi connectivity index (χ1n) is 15.0. The molecule has 0 aromatic heterocycles. The Morgan fingerprint density at radius 2 is 1.39 bits per heavy atom. The van der Waals surface area contributed by atoms with Crippen molar-refractivity contribution in [1.82, 2.24) is 10.2 Å². The molecule has 46 heavy (non-hydrogen) atoms. The van der Waals surface area contributed by atoms with Gasteiger partial charge < -0.3 is 24.8 Å². The molecule has 0 fully saturated rings. The predicted octanol–water partition coefficient (Wildman–Crippen LogP) is 6.61. The molecule has 0 saturated carbocycles. The Balaban J connectivity index is 1.42. The molecular formula is C38H36N2O6. The fourth-order valence-corrected chi connectivity index (χ4v) is 5.59. The first-order chi connectivity index (χ1) is 22.4. The summed E-state index contributed by atoms with van der Waals surface area (Å²) in [7, 11) is 3.15. The quantitative estimate of drug-likeness (QED) is 0.154. The molecule has 8 heteroatoms. The highest BCUT2D eigenvalue weighted by molar-refractivity contribution is 6.06. The first kappa shape index (κ1) is 31.8. The predicted molar refractivity (Wildman–Crippen MR) is 178 cm³/mol. The molecule has 0 heterocycles. The number of aliphatic carboxylic acids is 1. The minimum absolute atomic E-state index is 0.0158. The minimum Gasteiger partial charge on any atom is -0.497 e. The Morgan fingerprint density at radius 3 is 2.13 bits per heavy atom. The van der Waals surface area contributed by atoms with E-state index in [1.54, 1.807) is 50.6 Å². The average molecular weight is 617 g/mol. The molecule has 0 saturated heterocycles. The highest BCUT2D eigenvalue weighted by Crippen LogP contribution is 2.30. The van der Waals surface area contributed by atoms with Crippen LogP contribution in [0.5, 0.6) is 11.5 Å². The lowest BCUT2D eigenvalue weighted by Crippen LogP contribution is -2.35.